The molecule has 0 amide bonds. The van der Waals surface area contributed by atoms with Gasteiger partial charge >= 0.3 is 94.6 Å². The van der Waals surface area contributed by atoms with E-state index in [9.17, 15) is 4.79 Å². The summed E-state index contributed by atoms with van der Waals surface area (Å²) in [4.78, 5) is 9.38. The average molecular weight is 157 g/mol. The molecule has 0 saturated carbocycles. The van der Waals surface area contributed by atoms with Crippen LogP contribution in [-0.4, -0.2) is 11.1 Å². The van der Waals surface area contributed by atoms with E-state index in [2.05, 4.69) is 0 Å². The Bertz CT molecular complexity index is 109. The van der Waals surface area contributed by atoms with E-state index in [0.29, 0.717) is 0 Å². The van der Waals surface area contributed by atoms with Crippen LogP contribution < -0.4 is 88.7 Å². The van der Waals surface area contributed by atoms with Gasteiger partial charge in [-0.25, -0.2) is 0 Å². The van der Waals surface area contributed by atoms with E-state index < -0.39 is 12.4 Å². The molecule has 0 spiro atoms. The van der Waals surface area contributed by atoms with E-state index >= 15 is 0 Å². The van der Waals surface area contributed by atoms with Crippen LogP contribution in [0.4, 0.5) is 0 Å². The molecule has 0 aromatic rings. The summed E-state index contributed by atoms with van der Waals surface area (Å²) in [6, 6.07) is 1.47. The molecule has 0 aromatic carbocycles. The molecular weight excluding hydrogens is 151 g/mol. The third-order valence-corrected chi connectivity index (χ3v) is 0.230. The van der Waals surface area contributed by atoms with Gasteiger partial charge in [-0.3, -0.25) is 4.79 Å². The summed E-state index contributed by atoms with van der Waals surface area (Å²) in [7, 11) is 0. The van der Waals surface area contributed by atoms with Gasteiger partial charge in [-0.05, 0) is 0 Å². The number of aliphatic carboxylic acids is 1. The first kappa shape index (κ1) is 22.4. The standard InChI is InChI=1S/C3H3NO2.3Na.3H/c4-2-1-3(5)6;;;;;;/h1H2,(H,5,6);;;;;;/q;3*+1;3*-1. The Balaban J connectivity index is -0.00000000833. The molecule has 0 unspecified atom stereocenters. The topological polar surface area (TPSA) is 61.1 Å². The fraction of sp³-hybridized carbons (Fsp3) is 0.333. The molecule has 0 rings (SSSR count). The van der Waals surface area contributed by atoms with Crippen molar-refractivity contribution < 1.29 is 103 Å². The van der Waals surface area contributed by atoms with Gasteiger partial charge < -0.3 is 9.39 Å². The fourth-order valence-electron chi connectivity index (χ4n) is 0.0676. The van der Waals surface area contributed by atoms with E-state index in [1.54, 1.807) is 0 Å². The van der Waals surface area contributed by atoms with E-state index in [-0.39, 0.29) is 93.0 Å². The Morgan fingerprint density at radius 3 is 1.89 bits per heavy atom. The number of rotatable bonds is 1. The maximum absolute atomic E-state index is 9.38. The molecule has 0 aliphatic rings. The maximum Gasteiger partial charge on any atom is 1.00 e. The third kappa shape index (κ3) is 25.7. The summed E-state index contributed by atoms with van der Waals surface area (Å²) in [6.45, 7) is 0. The van der Waals surface area contributed by atoms with Crippen molar-refractivity contribution >= 4 is 5.97 Å². The Kier molecular flexibility index (Phi) is 41.2. The Hall–Kier alpha value is 1.96. The van der Waals surface area contributed by atoms with E-state index in [1.807, 2.05) is 0 Å². The number of carboxylic acids is 1. The SMILES string of the molecule is N#CCC(=O)O.[H-].[H-].[H-].[Na+].[Na+].[Na+]. The van der Waals surface area contributed by atoms with Crippen LogP contribution in [-0.2, 0) is 4.79 Å². The minimum Gasteiger partial charge on any atom is -1.00 e. The van der Waals surface area contributed by atoms with Crippen molar-refractivity contribution in [1.82, 2.24) is 0 Å². The zero-order valence-electron chi connectivity index (χ0n) is 9.01. The molecule has 0 aromatic heterocycles. The van der Waals surface area contributed by atoms with Crippen molar-refractivity contribution in [2.24, 2.45) is 0 Å². The first-order valence-electron chi connectivity index (χ1n) is 1.36. The van der Waals surface area contributed by atoms with Gasteiger partial charge in [-0.15, -0.1) is 0 Å². The van der Waals surface area contributed by atoms with Crippen LogP contribution in [0, 0.1) is 11.3 Å². The van der Waals surface area contributed by atoms with Gasteiger partial charge in [0.25, 0.3) is 0 Å². The van der Waals surface area contributed by atoms with Crippen LogP contribution in [0.3, 0.4) is 0 Å². The number of nitrogens with zero attached hydrogens (tertiary/aromatic N) is 1. The Labute approximate surface area is 125 Å². The van der Waals surface area contributed by atoms with Gasteiger partial charge in [-0.1, -0.05) is 0 Å². The van der Waals surface area contributed by atoms with Crippen molar-refractivity contribution in [3.05, 3.63) is 0 Å². The van der Waals surface area contributed by atoms with Gasteiger partial charge in [0.2, 0.25) is 0 Å². The van der Waals surface area contributed by atoms with E-state index in [0.717, 1.165) is 0 Å². The van der Waals surface area contributed by atoms with Gasteiger partial charge in [0.15, 0.2) is 0 Å². The third-order valence-electron chi connectivity index (χ3n) is 0.230. The molecule has 9 heavy (non-hydrogen) atoms. The van der Waals surface area contributed by atoms with Crippen molar-refractivity contribution in [1.29, 1.82) is 5.26 Å². The number of nitriles is 1. The minimum atomic E-state index is -1.07. The second-order valence-electron chi connectivity index (χ2n) is 0.729. The van der Waals surface area contributed by atoms with Crippen LogP contribution in [0.25, 0.3) is 0 Å². The van der Waals surface area contributed by atoms with Crippen molar-refractivity contribution in [3.63, 3.8) is 0 Å². The quantitative estimate of drug-likeness (QED) is 0.384. The summed E-state index contributed by atoms with van der Waals surface area (Å²) >= 11 is 0. The van der Waals surface area contributed by atoms with Crippen molar-refractivity contribution in [2.45, 2.75) is 6.42 Å². The number of carbonyl (C=O) groups is 1. The maximum atomic E-state index is 9.38. The van der Waals surface area contributed by atoms with Crippen LogP contribution >= 0.6 is 0 Å². The molecule has 0 bridgehead atoms. The molecule has 0 heterocycles. The smallest absolute Gasteiger partial charge is 1.00 e. The second-order valence-corrected chi connectivity index (χ2v) is 0.729. The predicted octanol–water partition coefficient (Wildman–Crippen LogP) is -8.67. The molecule has 0 atom stereocenters. The van der Waals surface area contributed by atoms with Crippen molar-refractivity contribution in [2.75, 3.05) is 0 Å². The molecule has 0 saturated heterocycles. The first-order valence-corrected chi connectivity index (χ1v) is 1.36. The molecule has 3 nitrogen and oxygen atoms in total. The summed E-state index contributed by atoms with van der Waals surface area (Å²) in [6.07, 6.45) is -0.403. The number of hydrogen-bond acceptors (Lipinski definition) is 2. The molecule has 0 aliphatic carbocycles. The normalized spacial score (nSPS) is 4.33. The molecule has 1 N–H and O–H groups in total. The zero-order valence-corrected chi connectivity index (χ0v) is 12.0. The summed E-state index contributed by atoms with van der Waals surface area (Å²) in [5, 5.41) is 15.3. The molecular formula is C3H6NNa3O2. The fourth-order valence-corrected chi connectivity index (χ4v) is 0.0676. The largest absolute Gasteiger partial charge is 1.00 e. The van der Waals surface area contributed by atoms with Gasteiger partial charge in [0.05, 0.1) is 6.07 Å². The van der Waals surface area contributed by atoms with Gasteiger partial charge in [-0.2, -0.15) is 5.26 Å². The Morgan fingerprint density at radius 1 is 1.56 bits per heavy atom. The first-order chi connectivity index (χ1) is 2.77. The molecule has 0 radical (unpaired) electrons. The van der Waals surface area contributed by atoms with E-state index in [4.69, 9.17) is 10.4 Å². The average Bonchev–Trinajstić information content (AvgIpc) is 1.35. The van der Waals surface area contributed by atoms with Crippen LogP contribution in [0.15, 0.2) is 0 Å². The van der Waals surface area contributed by atoms with Gasteiger partial charge in [0.1, 0.15) is 6.42 Å². The molecule has 38 valence electrons. The minimum absolute atomic E-state index is 0. The van der Waals surface area contributed by atoms with Crippen LogP contribution in [0.1, 0.15) is 10.7 Å². The number of hydrogen-bond donors (Lipinski definition) is 1. The summed E-state index contributed by atoms with van der Waals surface area (Å²) in [5.74, 6) is -1.07. The summed E-state index contributed by atoms with van der Waals surface area (Å²) in [5.41, 5.74) is 0. The number of carboxylic acid groups (broad SMARTS) is 1. The monoisotopic (exact) mass is 157 g/mol. The molecule has 0 aliphatic heterocycles. The van der Waals surface area contributed by atoms with Gasteiger partial charge in [0, 0.05) is 0 Å². The Morgan fingerprint density at radius 2 is 1.89 bits per heavy atom. The summed E-state index contributed by atoms with van der Waals surface area (Å²) < 4.78 is 0. The van der Waals surface area contributed by atoms with Crippen LogP contribution in [0.5, 0.6) is 0 Å². The van der Waals surface area contributed by atoms with E-state index in [1.165, 1.54) is 6.07 Å². The van der Waals surface area contributed by atoms with Crippen LogP contribution in [0.2, 0.25) is 0 Å². The molecule has 0 fully saturated rings. The van der Waals surface area contributed by atoms with Crippen molar-refractivity contribution in [3.8, 4) is 6.07 Å². The predicted molar refractivity (Wildman–Crippen MR) is 21.2 cm³/mol. The zero-order chi connectivity index (χ0) is 4.99. The second kappa shape index (κ2) is 16.5. The molecule has 6 heteroatoms.